The number of thiophene rings is 1. The first-order valence-electron chi connectivity index (χ1n) is 7.79. The van der Waals surface area contributed by atoms with Crippen LogP contribution in [-0.4, -0.2) is 38.8 Å². The standard InChI is InChI=1S/C15H19N5OS/c21-15(17-12-5-7-22-9-12)19-6-1-2-11(8-19)14-18-16-10-20(14)13-3-4-13/h5,7,9-11,13H,1-4,6,8H2,(H,17,21). The molecule has 6 nitrogen and oxygen atoms in total. The zero-order valence-electron chi connectivity index (χ0n) is 12.3. The lowest BCUT2D eigenvalue weighted by atomic mass is 9.97. The molecular weight excluding hydrogens is 298 g/mol. The van der Waals surface area contributed by atoms with Gasteiger partial charge in [-0.25, -0.2) is 4.79 Å². The smallest absolute Gasteiger partial charge is 0.321 e. The van der Waals surface area contributed by atoms with Gasteiger partial charge in [-0.2, -0.15) is 11.3 Å². The van der Waals surface area contributed by atoms with Crippen molar-refractivity contribution in [2.24, 2.45) is 0 Å². The van der Waals surface area contributed by atoms with E-state index >= 15 is 0 Å². The molecule has 4 rings (SSSR count). The van der Waals surface area contributed by atoms with Crippen LogP contribution in [0.15, 0.2) is 23.2 Å². The second kappa shape index (κ2) is 5.72. The Labute approximate surface area is 133 Å². The molecule has 0 bridgehead atoms. The summed E-state index contributed by atoms with van der Waals surface area (Å²) in [6.07, 6.45) is 6.38. The van der Waals surface area contributed by atoms with E-state index in [-0.39, 0.29) is 6.03 Å². The Balaban J connectivity index is 1.45. The Morgan fingerprint density at radius 2 is 2.27 bits per heavy atom. The van der Waals surface area contributed by atoms with Crippen LogP contribution in [0.2, 0.25) is 0 Å². The largest absolute Gasteiger partial charge is 0.324 e. The van der Waals surface area contributed by atoms with Crippen LogP contribution in [0.1, 0.15) is 43.5 Å². The third kappa shape index (κ3) is 2.72. The van der Waals surface area contributed by atoms with E-state index in [2.05, 4.69) is 20.1 Å². The van der Waals surface area contributed by atoms with Crippen molar-refractivity contribution in [3.8, 4) is 0 Å². The minimum atomic E-state index is -0.0133. The number of amides is 2. The molecule has 116 valence electrons. The van der Waals surface area contributed by atoms with Crippen LogP contribution in [0.3, 0.4) is 0 Å². The van der Waals surface area contributed by atoms with Gasteiger partial charge < -0.3 is 14.8 Å². The first-order valence-corrected chi connectivity index (χ1v) is 8.73. The fourth-order valence-electron chi connectivity index (χ4n) is 3.09. The number of rotatable bonds is 3. The summed E-state index contributed by atoms with van der Waals surface area (Å²) in [6.45, 7) is 1.53. The van der Waals surface area contributed by atoms with Gasteiger partial charge in [0.2, 0.25) is 0 Å². The van der Waals surface area contributed by atoms with Crippen molar-refractivity contribution in [3.63, 3.8) is 0 Å². The van der Waals surface area contributed by atoms with Crippen LogP contribution in [0, 0.1) is 0 Å². The van der Waals surface area contributed by atoms with E-state index in [4.69, 9.17) is 0 Å². The second-order valence-electron chi connectivity index (χ2n) is 6.05. The number of hydrogen-bond donors (Lipinski definition) is 1. The minimum absolute atomic E-state index is 0.0133. The molecule has 1 aliphatic carbocycles. The first kappa shape index (κ1) is 13.8. The summed E-state index contributed by atoms with van der Waals surface area (Å²) < 4.78 is 2.21. The monoisotopic (exact) mass is 317 g/mol. The molecule has 22 heavy (non-hydrogen) atoms. The van der Waals surface area contributed by atoms with Gasteiger partial charge in [0.05, 0.1) is 5.69 Å². The summed E-state index contributed by atoms with van der Waals surface area (Å²) in [5.74, 6) is 1.35. The van der Waals surface area contributed by atoms with E-state index in [0.717, 1.165) is 37.4 Å². The molecule has 0 radical (unpaired) electrons. The predicted octanol–water partition coefficient (Wildman–Crippen LogP) is 3.09. The molecule has 2 aromatic rings. The van der Waals surface area contributed by atoms with Crippen molar-refractivity contribution >= 4 is 23.1 Å². The van der Waals surface area contributed by atoms with Crippen molar-refractivity contribution in [1.29, 1.82) is 0 Å². The fraction of sp³-hybridized carbons (Fsp3) is 0.533. The number of urea groups is 1. The SMILES string of the molecule is O=C(Nc1ccsc1)N1CCCC(c2nncn2C2CC2)C1. The summed E-state index contributed by atoms with van der Waals surface area (Å²) in [5, 5.41) is 15.3. The van der Waals surface area contributed by atoms with Gasteiger partial charge >= 0.3 is 6.03 Å². The van der Waals surface area contributed by atoms with Crippen molar-refractivity contribution in [2.75, 3.05) is 18.4 Å². The van der Waals surface area contributed by atoms with Crippen LogP contribution < -0.4 is 5.32 Å². The number of piperidine rings is 1. The third-order valence-electron chi connectivity index (χ3n) is 4.39. The topological polar surface area (TPSA) is 63.1 Å². The Morgan fingerprint density at radius 3 is 3.05 bits per heavy atom. The Morgan fingerprint density at radius 1 is 1.36 bits per heavy atom. The van der Waals surface area contributed by atoms with Crippen molar-refractivity contribution < 1.29 is 4.79 Å². The number of aromatic nitrogens is 3. The second-order valence-corrected chi connectivity index (χ2v) is 6.83. The fourth-order valence-corrected chi connectivity index (χ4v) is 3.68. The van der Waals surface area contributed by atoms with E-state index in [9.17, 15) is 4.79 Å². The maximum absolute atomic E-state index is 12.4. The minimum Gasteiger partial charge on any atom is -0.324 e. The number of carbonyl (C=O) groups is 1. The molecule has 0 aromatic carbocycles. The molecule has 1 atom stereocenters. The number of hydrogen-bond acceptors (Lipinski definition) is 4. The van der Waals surface area contributed by atoms with Crippen LogP contribution in [0.4, 0.5) is 10.5 Å². The molecule has 7 heteroatoms. The highest BCUT2D eigenvalue weighted by Gasteiger charge is 2.32. The van der Waals surface area contributed by atoms with Crippen LogP contribution >= 0.6 is 11.3 Å². The molecule has 1 saturated heterocycles. The van der Waals surface area contributed by atoms with Crippen molar-refractivity contribution in [1.82, 2.24) is 19.7 Å². The number of nitrogens with zero attached hydrogens (tertiary/aromatic N) is 4. The molecule has 2 aromatic heterocycles. The van der Waals surface area contributed by atoms with Gasteiger partial charge in [-0.15, -0.1) is 10.2 Å². The lowest BCUT2D eigenvalue weighted by molar-refractivity contribution is 0.190. The molecule has 1 aliphatic heterocycles. The summed E-state index contributed by atoms with van der Waals surface area (Å²) in [5.41, 5.74) is 0.873. The summed E-state index contributed by atoms with van der Waals surface area (Å²) in [7, 11) is 0. The van der Waals surface area contributed by atoms with Gasteiger partial charge in [-0.05, 0) is 37.1 Å². The highest BCUT2D eigenvalue weighted by atomic mass is 32.1. The summed E-state index contributed by atoms with van der Waals surface area (Å²) in [4.78, 5) is 14.3. The molecular formula is C15H19N5OS. The van der Waals surface area contributed by atoms with Gasteiger partial charge in [0.25, 0.3) is 0 Å². The van der Waals surface area contributed by atoms with Gasteiger partial charge in [0.1, 0.15) is 12.2 Å². The average molecular weight is 317 g/mol. The van der Waals surface area contributed by atoms with E-state index in [0.29, 0.717) is 12.0 Å². The van der Waals surface area contributed by atoms with Gasteiger partial charge in [0, 0.05) is 30.4 Å². The zero-order valence-corrected chi connectivity index (χ0v) is 13.1. The maximum Gasteiger partial charge on any atom is 0.321 e. The molecule has 1 N–H and O–H groups in total. The normalized spacial score (nSPS) is 21.8. The highest BCUT2D eigenvalue weighted by molar-refractivity contribution is 7.08. The molecule has 2 fully saturated rings. The zero-order chi connectivity index (χ0) is 14.9. The van der Waals surface area contributed by atoms with Gasteiger partial charge in [-0.3, -0.25) is 0 Å². The number of carbonyl (C=O) groups excluding carboxylic acids is 1. The Kier molecular flexibility index (Phi) is 3.57. The van der Waals surface area contributed by atoms with Gasteiger partial charge in [-0.1, -0.05) is 0 Å². The molecule has 1 unspecified atom stereocenters. The van der Waals surface area contributed by atoms with Gasteiger partial charge in [0.15, 0.2) is 0 Å². The van der Waals surface area contributed by atoms with Crippen LogP contribution in [-0.2, 0) is 0 Å². The average Bonchev–Trinajstić information content (AvgIpc) is 3.05. The summed E-state index contributed by atoms with van der Waals surface area (Å²) in [6, 6.07) is 2.49. The van der Waals surface area contributed by atoms with E-state index < -0.39 is 0 Å². The first-order chi connectivity index (χ1) is 10.8. The summed E-state index contributed by atoms with van der Waals surface area (Å²) >= 11 is 1.58. The van der Waals surface area contributed by atoms with E-state index in [1.165, 1.54) is 12.8 Å². The molecule has 1 saturated carbocycles. The molecule has 0 spiro atoms. The number of anilines is 1. The van der Waals surface area contributed by atoms with E-state index in [1.54, 1.807) is 11.3 Å². The third-order valence-corrected chi connectivity index (χ3v) is 5.07. The lowest BCUT2D eigenvalue weighted by Crippen LogP contribution is -2.42. The highest BCUT2D eigenvalue weighted by Crippen LogP contribution is 2.38. The van der Waals surface area contributed by atoms with Crippen LogP contribution in [0.25, 0.3) is 0 Å². The maximum atomic E-state index is 12.4. The molecule has 2 aliphatic rings. The Hall–Kier alpha value is -1.89. The van der Waals surface area contributed by atoms with Crippen molar-refractivity contribution in [2.45, 2.75) is 37.6 Å². The Bertz CT molecular complexity index is 649. The number of likely N-dealkylation sites (tertiary alicyclic amines) is 1. The van der Waals surface area contributed by atoms with E-state index in [1.807, 2.05) is 28.1 Å². The number of nitrogens with one attached hydrogen (secondary N) is 1. The molecule has 3 heterocycles. The van der Waals surface area contributed by atoms with Crippen LogP contribution in [0.5, 0.6) is 0 Å². The quantitative estimate of drug-likeness (QED) is 0.946. The van der Waals surface area contributed by atoms with Crippen molar-refractivity contribution in [3.05, 3.63) is 29.0 Å². The lowest BCUT2D eigenvalue weighted by Gasteiger charge is -2.32. The molecule has 2 amide bonds. The predicted molar refractivity (Wildman–Crippen MR) is 85.2 cm³/mol.